The molecule has 3 heteroatoms. The summed E-state index contributed by atoms with van der Waals surface area (Å²) in [6.07, 6.45) is -0.723. The van der Waals surface area contributed by atoms with E-state index in [2.05, 4.69) is 0 Å². The van der Waals surface area contributed by atoms with E-state index in [0.29, 0.717) is 5.56 Å². The fraction of sp³-hybridized carbons (Fsp3) is 0.278. The zero-order valence-electron chi connectivity index (χ0n) is 12.6. The Balaban J connectivity index is 2.19. The molecule has 0 saturated carbocycles. The highest BCUT2D eigenvalue weighted by molar-refractivity contribution is 5.89. The van der Waals surface area contributed by atoms with Gasteiger partial charge in [0.2, 0.25) is 6.29 Å². The number of carbonyl (C=O) groups is 1. The molecule has 1 atom stereocenters. The molecule has 0 amide bonds. The lowest BCUT2D eigenvalue weighted by molar-refractivity contribution is -0.172. The Kier molecular flexibility index (Phi) is 4.76. The molecule has 21 heavy (non-hydrogen) atoms. The molecular weight excluding hydrogens is 264 g/mol. The van der Waals surface area contributed by atoms with Crippen molar-refractivity contribution in [1.82, 2.24) is 0 Å². The summed E-state index contributed by atoms with van der Waals surface area (Å²) in [6, 6.07) is 18.4. The number of hydrogen-bond donors (Lipinski definition) is 0. The molecule has 0 radical (unpaired) electrons. The van der Waals surface area contributed by atoms with Gasteiger partial charge < -0.3 is 9.47 Å². The standard InChI is InChI=1S/C18H20O3/c1-18(2,3)21-17(15-12-8-5-9-13-15)20-16(19)14-10-6-4-7-11-14/h4-13,17H,1-3H3. The van der Waals surface area contributed by atoms with Crippen molar-refractivity contribution in [3.05, 3.63) is 71.8 Å². The van der Waals surface area contributed by atoms with Gasteiger partial charge in [-0.2, -0.15) is 0 Å². The summed E-state index contributed by atoms with van der Waals surface area (Å²) in [6.45, 7) is 5.79. The van der Waals surface area contributed by atoms with E-state index in [9.17, 15) is 4.79 Å². The molecule has 0 saturated heterocycles. The van der Waals surface area contributed by atoms with Gasteiger partial charge in [-0.3, -0.25) is 0 Å². The minimum Gasteiger partial charge on any atom is -0.428 e. The highest BCUT2D eigenvalue weighted by atomic mass is 16.7. The Hall–Kier alpha value is -2.13. The average molecular weight is 284 g/mol. The van der Waals surface area contributed by atoms with Crippen molar-refractivity contribution in [2.24, 2.45) is 0 Å². The molecule has 3 nitrogen and oxygen atoms in total. The van der Waals surface area contributed by atoms with E-state index in [1.165, 1.54) is 0 Å². The summed E-state index contributed by atoms with van der Waals surface area (Å²) in [4.78, 5) is 12.2. The third-order valence-electron chi connectivity index (χ3n) is 2.76. The first-order chi connectivity index (χ1) is 9.96. The molecule has 0 spiro atoms. The maximum Gasteiger partial charge on any atom is 0.340 e. The molecule has 0 heterocycles. The monoisotopic (exact) mass is 284 g/mol. The number of esters is 1. The fourth-order valence-electron chi connectivity index (χ4n) is 1.83. The Bertz CT molecular complexity index is 570. The highest BCUT2D eigenvalue weighted by Gasteiger charge is 2.24. The Labute approximate surface area is 125 Å². The van der Waals surface area contributed by atoms with Gasteiger partial charge in [0, 0.05) is 5.56 Å². The molecule has 110 valence electrons. The largest absolute Gasteiger partial charge is 0.428 e. The predicted molar refractivity (Wildman–Crippen MR) is 81.9 cm³/mol. The van der Waals surface area contributed by atoms with Crippen LogP contribution in [0.5, 0.6) is 0 Å². The first-order valence-electron chi connectivity index (χ1n) is 6.94. The van der Waals surface area contributed by atoms with E-state index < -0.39 is 17.9 Å². The van der Waals surface area contributed by atoms with Crippen LogP contribution < -0.4 is 0 Å². The van der Waals surface area contributed by atoms with Crippen LogP contribution in [0.15, 0.2) is 60.7 Å². The number of rotatable bonds is 4. The van der Waals surface area contributed by atoms with Crippen molar-refractivity contribution in [2.75, 3.05) is 0 Å². The molecule has 0 aliphatic rings. The van der Waals surface area contributed by atoms with Crippen molar-refractivity contribution < 1.29 is 14.3 Å². The van der Waals surface area contributed by atoms with E-state index in [-0.39, 0.29) is 0 Å². The lowest BCUT2D eigenvalue weighted by Crippen LogP contribution is -2.26. The zero-order valence-corrected chi connectivity index (χ0v) is 12.6. The van der Waals surface area contributed by atoms with Crippen LogP contribution in [0.2, 0.25) is 0 Å². The molecule has 1 unspecified atom stereocenters. The third-order valence-corrected chi connectivity index (χ3v) is 2.76. The van der Waals surface area contributed by atoms with Crippen LogP contribution in [0.25, 0.3) is 0 Å². The van der Waals surface area contributed by atoms with Gasteiger partial charge in [-0.05, 0) is 32.9 Å². The topological polar surface area (TPSA) is 35.5 Å². The van der Waals surface area contributed by atoms with E-state index in [4.69, 9.17) is 9.47 Å². The van der Waals surface area contributed by atoms with Crippen LogP contribution in [-0.2, 0) is 9.47 Å². The molecule has 0 N–H and O–H groups in total. The molecule has 2 rings (SSSR count). The highest BCUT2D eigenvalue weighted by Crippen LogP contribution is 2.26. The van der Waals surface area contributed by atoms with Gasteiger partial charge in [0.15, 0.2) is 0 Å². The minimum atomic E-state index is -0.723. The fourth-order valence-corrected chi connectivity index (χ4v) is 1.83. The molecule has 0 aromatic heterocycles. The summed E-state index contributed by atoms with van der Waals surface area (Å²) in [5.41, 5.74) is 0.907. The Morgan fingerprint density at radius 3 is 1.95 bits per heavy atom. The van der Waals surface area contributed by atoms with Gasteiger partial charge in [-0.25, -0.2) is 4.79 Å². The molecular formula is C18H20O3. The molecule has 0 fully saturated rings. The smallest absolute Gasteiger partial charge is 0.340 e. The zero-order chi connectivity index (χ0) is 15.3. The lowest BCUT2D eigenvalue weighted by atomic mass is 10.1. The van der Waals surface area contributed by atoms with Gasteiger partial charge in [0.1, 0.15) is 0 Å². The van der Waals surface area contributed by atoms with Crippen molar-refractivity contribution in [2.45, 2.75) is 32.7 Å². The van der Waals surface area contributed by atoms with Crippen LogP contribution >= 0.6 is 0 Å². The third kappa shape index (κ3) is 4.72. The maximum atomic E-state index is 12.2. The first-order valence-corrected chi connectivity index (χ1v) is 6.94. The second kappa shape index (κ2) is 6.55. The molecule has 0 aliphatic heterocycles. The van der Waals surface area contributed by atoms with Crippen LogP contribution in [0.3, 0.4) is 0 Å². The SMILES string of the molecule is CC(C)(C)OC(OC(=O)c1ccccc1)c1ccccc1. The van der Waals surface area contributed by atoms with Crippen LogP contribution in [0.4, 0.5) is 0 Å². The summed E-state index contributed by atoms with van der Waals surface area (Å²) in [7, 11) is 0. The van der Waals surface area contributed by atoms with Gasteiger partial charge in [0.05, 0.1) is 11.2 Å². The lowest BCUT2D eigenvalue weighted by Gasteiger charge is -2.27. The molecule has 2 aromatic carbocycles. The van der Waals surface area contributed by atoms with Crippen LogP contribution in [0, 0.1) is 0 Å². The number of ether oxygens (including phenoxy) is 2. The van der Waals surface area contributed by atoms with E-state index >= 15 is 0 Å². The Morgan fingerprint density at radius 2 is 1.43 bits per heavy atom. The summed E-state index contributed by atoms with van der Waals surface area (Å²) >= 11 is 0. The predicted octanol–water partition coefficient (Wildman–Crippen LogP) is 4.36. The maximum absolute atomic E-state index is 12.2. The van der Waals surface area contributed by atoms with Gasteiger partial charge in [-0.1, -0.05) is 48.5 Å². The van der Waals surface area contributed by atoms with Crippen LogP contribution in [0.1, 0.15) is 43.0 Å². The van der Waals surface area contributed by atoms with Gasteiger partial charge >= 0.3 is 5.97 Å². The van der Waals surface area contributed by atoms with Crippen LogP contribution in [-0.4, -0.2) is 11.6 Å². The van der Waals surface area contributed by atoms with Gasteiger partial charge in [-0.15, -0.1) is 0 Å². The summed E-state index contributed by atoms with van der Waals surface area (Å²) < 4.78 is 11.4. The molecule has 2 aromatic rings. The van der Waals surface area contributed by atoms with E-state index in [1.54, 1.807) is 24.3 Å². The van der Waals surface area contributed by atoms with Crippen molar-refractivity contribution in [1.29, 1.82) is 0 Å². The molecule has 0 bridgehead atoms. The Morgan fingerprint density at radius 1 is 0.905 bits per heavy atom. The number of benzene rings is 2. The summed E-state index contributed by atoms with van der Waals surface area (Å²) in [5, 5.41) is 0. The minimum absolute atomic E-state index is 0.395. The first kappa shape index (κ1) is 15.3. The van der Waals surface area contributed by atoms with Crippen molar-refractivity contribution >= 4 is 5.97 Å². The van der Waals surface area contributed by atoms with E-state index in [1.807, 2.05) is 57.2 Å². The second-order valence-corrected chi connectivity index (χ2v) is 5.74. The summed E-state index contributed by atoms with van der Waals surface area (Å²) in [5.74, 6) is -0.395. The van der Waals surface area contributed by atoms with Crippen molar-refractivity contribution in [3.8, 4) is 0 Å². The number of carbonyl (C=O) groups excluding carboxylic acids is 1. The molecule has 0 aliphatic carbocycles. The van der Waals surface area contributed by atoms with Crippen molar-refractivity contribution in [3.63, 3.8) is 0 Å². The van der Waals surface area contributed by atoms with Gasteiger partial charge in [0.25, 0.3) is 0 Å². The second-order valence-electron chi connectivity index (χ2n) is 5.74. The van der Waals surface area contributed by atoms with E-state index in [0.717, 1.165) is 5.56 Å². The normalized spacial score (nSPS) is 12.7. The quantitative estimate of drug-likeness (QED) is 0.618. The average Bonchev–Trinajstić information content (AvgIpc) is 2.47. The number of hydrogen-bond acceptors (Lipinski definition) is 3.